The van der Waals surface area contributed by atoms with E-state index in [9.17, 15) is 4.79 Å². The van der Waals surface area contributed by atoms with Crippen LogP contribution in [0.3, 0.4) is 0 Å². The van der Waals surface area contributed by atoms with Crippen LogP contribution in [-0.4, -0.2) is 41.3 Å². The highest BCUT2D eigenvalue weighted by Gasteiger charge is 2.26. The van der Waals surface area contributed by atoms with E-state index < -0.39 is 6.09 Å². The quantitative estimate of drug-likeness (QED) is 0.939. The summed E-state index contributed by atoms with van der Waals surface area (Å²) >= 11 is 0. The molecule has 0 fully saturated rings. The summed E-state index contributed by atoms with van der Waals surface area (Å²) < 4.78 is 10.8. The van der Waals surface area contributed by atoms with E-state index in [0.717, 1.165) is 28.8 Å². The Bertz CT molecular complexity index is 639. The van der Waals surface area contributed by atoms with Crippen molar-refractivity contribution >= 4 is 6.09 Å². The molecule has 1 aliphatic rings. The number of carbonyl (C=O) groups is 1. The average Bonchev–Trinajstić information content (AvgIpc) is 3.01. The van der Waals surface area contributed by atoms with Gasteiger partial charge in [0.25, 0.3) is 0 Å². The van der Waals surface area contributed by atoms with Gasteiger partial charge in [-0.15, -0.1) is 0 Å². The van der Waals surface area contributed by atoms with Crippen LogP contribution in [-0.2, 0) is 11.2 Å². The first-order chi connectivity index (χ1) is 10.2. The van der Waals surface area contributed by atoms with Gasteiger partial charge in [0, 0.05) is 12.6 Å². The van der Waals surface area contributed by atoms with Gasteiger partial charge >= 0.3 is 6.09 Å². The van der Waals surface area contributed by atoms with Crippen LogP contribution < -0.4 is 0 Å². The highest BCUT2D eigenvalue weighted by atomic mass is 16.5. The molecule has 0 bridgehead atoms. The van der Waals surface area contributed by atoms with Gasteiger partial charge in [0.05, 0.1) is 13.2 Å². The molecule has 0 spiro atoms. The van der Waals surface area contributed by atoms with Crippen LogP contribution in [0.2, 0.25) is 0 Å². The Hall–Kier alpha value is -2.34. The van der Waals surface area contributed by atoms with Crippen LogP contribution >= 0.6 is 0 Å². The lowest BCUT2D eigenvalue weighted by Gasteiger charge is -2.29. The molecule has 1 aromatic heterocycles. The molecular weight excluding hydrogens is 272 g/mol. The third-order valence-electron chi connectivity index (χ3n) is 3.70. The summed E-state index contributed by atoms with van der Waals surface area (Å²) in [4.78, 5) is 16.4. The first kappa shape index (κ1) is 13.6. The zero-order chi connectivity index (χ0) is 14.8. The predicted octanol–water partition coefficient (Wildman–Crippen LogP) is 2.57. The molecule has 0 radical (unpaired) electrons. The molecule has 3 rings (SSSR count). The molecule has 0 saturated carbocycles. The summed E-state index contributed by atoms with van der Waals surface area (Å²) in [7, 11) is 1.54. The molecular formula is C15H16N2O4. The minimum atomic E-state index is -0.960. The molecule has 1 aliphatic heterocycles. The molecule has 0 aliphatic carbocycles. The van der Waals surface area contributed by atoms with Crippen molar-refractivity contribution < 1.29 is 19.1 Å². The van der Waals surface area contributed by atoms with Crippen LogP contribution in [0.15, 0.2) is 35.3 Å². The molecule has 1 aromatic carbocycles. The molecule has 2 aromatic rings. The zero-order valence-corrected chi connectivity index (χ0v) is 11.7. The van der Waals surface area contributed by atoms with Crippen molar-refractivity contribution in [3.63, 3.8) is 0 Å². The van der Waals surface area contributed by atoms with E-state index in [1.165, 1.54) is 11.3 Å². The monoisotopic (exact) mass is 288 g/mol. The molecule has 1 N–H and O–H groups in total. The Morgan fingerprint density at radius 1 is 1.52 bits per heavy atom. The standard InChI is InChI=1S/C15H16N2O4/c1-17(15(18)19)7-14-12-4-2-3-11(10(12)5-6-21-14)13-8-20-9-16-13/h2-4,8-9,14H,5-7H2,1H3,(H,18,19). The number of fused-ring (bicyclic) bond motifs is 1. The van der Waals surface area contributed by atoms with Crippen LogP contribution in [0.1, 0.15) is 17.2 Å². The summed E-state index contributed by atoms with van der Waals surface area (Å²) in [6, 6.07) is 5.92. The first-order valence-corrected chi connectivity index (χ1v) is 6.73. The summed E-state index contributed by atoms with van der Waals surface area (Å²) in [5.74, 6) is 0. The lowest BCUT2D eigenvalue weighted by atomic mass is 9.91. The Kier molecular flexibility index (Phi) is 3.62. The van der Waals surface area contributed by atoms with Gasteiger partial charge < -0.3 is 19.2 Å². The van der Waals surface area contributed by atoms with Crippen LogP contribution in [0, 0.1) is 0 Å². The Morgan fingerprint density at radius 2 is 2.38 bits per heavy atom. The van der Waals surface area contributed by atoms with Crippen LogP contribution in [0.25, 0.3) is 11.3 Å². The molecule has 1 amide bonds. The molecule has 1 unspecified atom stereocenters. The van der Waals surface area contributed by atoms with Crippen molar-refractivity contribution in [2.45, 2.75) is 12.5 Å². The van der Waals surface area contributed by atoms with E-state index in [1.54, 1.807) is 13.3 Å². The molecule has 1 atom stereocenters. The second kappa shape index (κ2) is 5.57. The first-order valence-electron chi connectivity index (χ1n) is 6.73. The van der Waals surface area contributed by atoms with E-state index >= 15 is 0 Å². The van der Waals surface area contributed by atoms with Gasteiger partial charge in [0.1, 0.15) is 18.1 Å². The fourth-order valence-electron chi connectivity index (χ4n) is 2.64. The van der Waals surface area contributed by atoms with E-state index in [2.05, 4.69) is 4.98 Å². The van der Waals surface area contributed by atoms with Crippen molar-refractivity contribution in [1.82, 2.24) is 9.88 Å². The highest BCUT2D eigenvalue weighted by molar-refractivity contribution is 5.66. The number of nitrogens with zero attached hydrogens (tertiary/aromatic N) is 2. The topological polar surface area (TPSA) is 75.8 Å². The third-order valence-corrected chi connectivity index (χ3v) is 3.70. The van der Waals surface area contributed by atoms with E-state index in [-0.39, 0.29) is 6.10 Å². The Morgan fingerprint density at radius 3 is 3.10 bits per heavy atom. The summed E-state index contributed by atoms with van der Waals surface area (Å²) in [6.07, 6.45) is 2.60. The third kappa shape index (κ3) is 2.62. The molecule has 0 saturated heterocycles. The van der Waals surface area contributed by atoms with E-state index in [4.69, 9.17) is 14.3 Å². The highest BCUT2D eigenvalue weighted by Crippen LogP contribution is 2.34. The van der Waals surface area contributed by atoms with Crippen molar-refractivity contribution in [1.29, 1.82) is 0 Å². The number of hydrogen-bond acceptors (Lipinski definition) is 4. The lowest BCUT2D eigenvalue weighted by Crippen LogP contribution is -2.32. The fourth-order valence-corrected chi connectivity index (χ4v) is 2.64. The summed E-state index contributed by atoms with van der Waals surface area (Å²) in [5.41, 5.74) is 3.99. The van der Waals surface area contributed by atoms with Gasteiger partial charge in [-0.1, -0.05) is 18.2 Å². The van der Waals surface area contributed by atoms with Crippen molar-refractivity contribution in [2.75, 3.05) is 20.2 Å². The molecule has 6 heteroatoms. The molecule has 6 nitrogen and oxygen atoms in total. The fraction of sp³-hybridized carbons (Fsp3) is 0.333. The van der Waals surface area contributed by atoms with Gasteiger partial charge in [-0.05, 0) is 17.5 Å². The minimum Gasteiger partial charge on any atom is -0.465 e. The van der Waals surface area contributed by atoms with E-state index in [0.29, 0.717) is 13.2 Å². The average molecular weight is 288 g/mol. The predicted molar refractivity (Wildman–Crippen MR) is 75.0 cm³/mol. The van der Waals surface area contributed by atoms with Gasteiger partial charge in [-0.3, -0.25) is 0 Å². The Labute approximate surface area is 122 Å². The van der Waals surface area contributed by atoms with E-state index in [1.807, 2.05) is 18.2 Å². The number of oxazole rings is 1. The normalized spacial score (nSPS) is 17.3. The van der Waals surface area contributed by atoms with Gasteiger partial charge in [-0.25, -0.2) is 9.78 Å². The van der Waals surface area contributed by atoms with Crippen molar-refractivity contribution in [3.05, 3.63) is 42.0 Å². The number of ether oxygens (including phenoxy) is 1. The summed E-state index contributed by atoms with van der Waals surface area (Å²) in [6.45, 7) is 0.880. The maximum Gasteiger partial charge on any atom is 0.407 e. The maximum atomic E-state index is 11.0. The van der Waals surface area contributed by atoms with Gasteiger partial charge in [-0.2, -0.15) is 0 Å². The number of hydrogen-bond donors (Lipinski definition) is 1. The number of benzene rings is 1. The lowest BCUT2D eigenvalue weighted by molar-refractivity contribution is 0.0225. The molecule has 21 heavy (non-hydrogen) atoms. The molecule has 110 valence electrons. The smallest absolute Gasteiger partial charge is 0.407 e. The molecule has 2 heterocycles. The van der Waals surface area contributed by atoms with Gasteiger partial charge in [0.15, 0.2) is 6.39 Å². The number of aromatic nitrogens is 1. The van der Waals surface area contributed by atoms with Gasteiger partial charge in [0.2, 0.25) is 0 Å². The zero-order valence-electron chi connectivity index (χ0n) is 11.7. The number of rotatable bonds is 3. The minimum absolute atomic E-state index is 0.248. The summed E-state index contributed by atoms with van der Waals surface area (Å²) in [5, 5.41) is 9.01. The SMILES string of the molecule is CN(CC1OCCc2c(-c3cocn3)cccc21)C(=O)O. The number of likely N-dealkylation sites (N-methyl/N-ethyl adjacent to an activating group) is 1. The Balaban J connectivity index is 1.95. The largest absolute Gasteiger partial charge is 0.465 e. The second-order valence-corrected chi connectivity index (χ2v) is 5.02. The number of amides is 1. The van der Waals surface area contributed by atoms with Crippen molar-refractivity contribution in [2.24, 2.45) is 0 Å². The second-order valence-electron chi connectivity index (χ2n) is 5.02. The number of carboxylic acid groups (broad SMARTS) is 1. The van der Waals surface area contributed by atoms with Crippen LogP contribution in [0.5, 0.6) is 0 Å². The van der Waals surface area contributed by atoms with Crippen LogP contribution in [0.4, 0.5) is 4.79 Å². The van der Waals surface area contributed by atoms with Crippen molar-refractivity contribution in [3.8, 4) is 11.3 Å². The maximum absolute atomic E-state index is 11.0.